The molecule has 0 spiro atoms. The molecule has 0 aromatic heterocycles. The summed E-state index contributed by atoms with van der Waals surface area (Å²) in [5.41, 5.74) is 1.51. The summed E-state index contributed by atoms with van der Waals surface area (Å²) in [6.45, 7) is 17.0. The van der Waals surface area contributed by atoms with Gasteiger partial charge in [-0.25, -0.2) is 4.79 Å². The van der Waals surface area contributed by atoms with E-state index in [-0.39, 0.29) is 17.6 Å². The monoisotopic (exact) mass is 631 g/mol. The third-order valence-electron chi connectivity index (χ3n) is 8.01. The molecule has 0 saturated heterocycles. The standard InChI is InChI=1S/C41H49NO3Si/c1-8-35(31-34-23-15-10-16-24-34)42(39(43)44-40(2,3)4)32-36(30-29-33-21-13-9-14-22-33)45-46(41(5,6)7,37-25-17-11-18-26-37)38-27-19-12-20-28-38/h8-30,35-36H,1,31-32H2,2-7H3/b30-29+/t35-,36+/m1/s1. The van der Waals surface area contributed by atoms with Crippen LogP contribution in [0.15, 0.2) is 140 Å². The third-order valence-corrected chi connectivity index (χ3v) is 13.1. The average molecular weight is 632 g/mol. The topological polar surface area (TPSA) is 38.8 Å². The van der Waals surface area contributed by atoms with Crippen molar-refractivity contribution >= 4 is 30.9 Å². The van der Waals surface area contributed by atoms with Crippen LogP contribution in [0.2, 0.25) is 5.04 Å². The van der Waals surface area contributed by atoms with Gasteiger partial charge >= 0.3 is 6.09 Å². The van der Waals surface area contributed by atoms with Gasteiger partial charge in [0.05, 0.1) is 18.7 Å². The maximum Gasteiger partial charge on any atom is 0.410 e. The molecule has 4 rings (SSSR count). The molecule has 5 heteroatoms. The van der Waals surface area contributed by atoms with Gasteiger partial charge in [-0.3, -0.25) is 4.90 Å². The van der Waals surface area contributed by atoms with Crippen LogP contribution in [-0.4, -0.2) is 43.6 Å². The van der Waals surface area contributed by atoms with Crippen molar-refractivity contribution < 1.29 is 14.0 Å². The van der Waals surface area contributed by atoms with Crippen molar-refractivity contribution in [1.29, 1.82) is 0 Å². The van der Waals surface area contributed by atoms with Crippen molar-refractivity contribution in [3.63, 3.8) is 0 Å². The SMILES string of the molecule is C=C[C@H](Cc1ccccc1)N(C[C@H](/C=C/c1ccccc1)O[Si](c1ccccc1)(c1ccccc1)C(C)(C)C)C(=O)OC(C)(C)C. The van der Waals surface area contributed by atoms with E-state index in [1.165, 1.54) is 10.4 Å². The first-order chi connectivity index (χ1) is 21.9. The Kier molecular flexibility index (Phi) is 11.6. The van der Waals surface area contributed by atoms with Crippen LogP contribution in [0, 0.1) is 0 Å². The molecule has 0 fully saturated rings. The number of hydrogen-bond donors (Lipinski definition) is 0. The summed E-state index contributed by atoms with van der Waals surface area (Å²) in [6, 6.07) is 41.3. The van der Waals surface area contributed by atoms with Gasteiger partial charge in [-0.1, -0.05) is 160 Å². The number of rotatable bonds is 12. The summed E-state index contributed by atoms with van der Waals surface area (Å²) < 4.78 is 13.6. The second kappa shape index (κ2) is 15.4. The minimum atomic E-state index is -2.97. The first-order valence-corrected chi connectivity index (χ1v) is 18.0. The number of amides is 1. The normalized spacial score (nSPS) is 13.6. The maximum absolute atomic E-state index is 14.0. The van der Waals surface area contributed by atoms with Gasteiger partial charge in [-0.15, -0.1) is 6.58 Å². The Bertz CT molecular complexity index is 1500. The second-order valence-electron chi connectivity index (χ2n) is 13.7. The number of ether oxygens (including phenoxy) is 1. The van der Waals surface area contributed by atoms with Crippen molar-refractivity contribution in [1.82, 2.24) is 4.90 Å². The van der Waals surface area contributed by atoms with Gasteiger partial charge < -0.3 is 9.16 Å². The highest BCUT2D eigenvalue weighted by atomic mass is 28.4. The molecule has 0 N–H and O–H groups in total. The molecular weight excluding hydrogens is 583 g/mol. The fraction of sp³-hybridized carbons (Fsp3) is 0.293. The lowest BCUT2D eigenvalue weighted by atomic mass is 10.0. The van der Waals surface area contributed by atoms with Crippen LogP contribution in [0.5, 0.6) is 0 Å². The number of benzene rings is 4. The first-order valence-electron chi connectivity index (χ1n) is 16.1. The molecule has 0 aliphatic rings. The Morgan fingerprint density at radius 2 is 1.24 bits per heavy atom. The van der Waals surface area contributed by atoms with Gasteiger partial charge in [0.1, 0.15) is 5.60 Å². The van der Waals surface area contributed by atoms with Crippen molar-refractivity contribution in [3.05, 3.63) is 151 Å². The molecule has 4 aromatic rings. The van der Waals surface area contributed by atoms with E-state index in [1.54, 1.807) is 4.90 Å². The summed E-state index contributed by atoms with van der Waals surface area (Å²) in [5, 5.41) is 2.12. The van der Waals surface area contributed by atoms with E-state index in [2.05, 4.69) is 112 Å². The van der Waals surface area contributed by atoms with Crippen molar-refractivity contribution in [2.45, 2.75) is 70.7 Å². The highest BCUT2D eigenvalue weighted by Gasteiger charge is 2.51. The molecule has 240 valence electrons. The summed E-state index contributed by atoms with van der Waals surface area (Å²) in [7, 11) is -2.97. The molecule has 46 heavy (non-hydrogen) atoms. The Morgan fingerprint density at radius 3 is 1.70 bits per heavy atom. The number of carbonyl (C=O) groups excluding carboxylic acids is 1. The zero-order chi connectivity index (χ0) is 33.2. The fourth-order valence-electron chi connectivity index (χ4n) is 5.87. The molecule has 0 aliphatic heterocycles. The molecule has 2 atom stereocenters. The lowest BCUT2D eigenvalue weighted by molar-refractivity contribution is 0.0134. The van der Waals surface area contributed by atoms with Gasteiger partial charge in [0, 0.05) is 0 Å². The summed E-state index contributed by atoms with van der Waals surface area (Å²) in [5.74, 6) is 0. The van der Waals surface area contributed by atoms with Crippen LogP contribution in [-0.2, 0) is 15.6 Å². The third kappa shape index (κ3) is 8.96. The van der Waals surface area contributed by atoms with Crippen LogP contribution >= 0.6 is 0 Å². The summed E-state index contributed by atoms with van der Waals surface area (Å²) in [4.78, 5) is 15.8. The van der Waals surface area contributed by atoms with E-state index >= 15 is 0 Å². The van der Waals surface area contributed by atoms with Crippen LogP contribution in [0.3, 0.4) is 0 Å². The first kappa shape index (κ1) is 34.7. The molecule has 0 aliphatic carbocycles. The van der Waals surface area contributed by atoms with Gasteiger partial charge in [0.25, 0.3) is 8.32 Å². The van der Waals surface area contributed by atoms with E-state index in [4.69, 9.17) is 9.16 Å². The van der Waals surface area contributed by atoms with E-state index in [0.29, 0.717) is 6.42 Å². The molecule has 0 bridgehead atoms. The van der Waals surface area contributed by atoms with E-state index in [1.807, 2.05) is 75.4 Å². The quantitative estimate of drug-likeness (QED) is 0.116. The van der Waals surface area contributed by atoms with Crippen molar-refractivity contribution in [3.8, 4) is 0 Å². The lowest BCUT2D eigenvalue weighted by Crippen LogP contribution is -2.68. The molecule has 4 aromatic carbocycles. The Labute approximate surface area is 277 Å². The zero-order valence-electron chi connectivity index (χ0n) is 28.2. The summed E-state index contributed by atoms with van der Waals surface area (Å²) >= 11 is 0. The van der Waals surface area contributed by atoms with Gasteiger partial charge in [0.2, 0.25) is 0 Å². The highest BCUT2D eigenvalue weighted by molar-refractivity contribution is 6.99. The van der Waals surface area contributed by atoms with Crippen LogP contribution in [0.25, 0.3) is 6.08 Å². The molecule has 0 saturated carbocycles. The molecule has 0 radical (unpaired) electrons. The summed E-state index contributed by atoms with van der Waals surface area (Å²) in [6.07, 6.45) is 5.80. The van der Waals surface area contributed by atoms with Crippen LogP contribution in [0.1, 0.15) is 52.7 Å². The number of carbonyl (C=O) groups is 1. The molecule has 1 amide bonds. The van der Waals surface area contributed by atoms with E-state index < -0.39 is 26.1 Å². The van der Waals surface area contributed by atoms with E-state index in [0.717, 1.165) is 11.1 Å². The highest BCUT2D eigenvalue weighted by Crippen LogP contribution is 2.38. The maximum atomic E-state index is 14.0. The predicted molar refractivity (Wildman–Crippen MR) is 195 cm³/mol. The van der Waals surface area contributed by atoms with Gasteiger partial charge in [-0.05, 0) is 53.7 Å². The van der Waals surface area contributed by atoms with Crippen molar-refractivity contribution in [2.75, 3.05) is 6.54 Å². The fourth-order valence-corrected chi connectivity index (χ4v) is 10.5. The molecule has 0 unspecified atom stereocenters. The molecular formula is C41H49NO3Si. The van der Waals surface area contributed by atoms with Gasteiger partial charge in [-0.2, -0.15) is 0 Å². The zero-order valence-corrected chi connectivity index (χ0v) is 29.2. The van der Waals surface area contributed by atoms with Crippen LogP contribution < -0.4 is 10.4 Å². The Hall–Kier alpha value is -4.19. The smallest absolute Gasteiger partial charge is 0.410 e. The van der Waals surface area contributed by atoms with Crippen LogP contribution in [0.4, 0.5) is 4.79 Å². The lowest BCUT2D eigenvalue weighted by Gasteiger charge is -2.45. The number of nitrogens with zero attached hydrogens (tertiary/aromatic N) is 1. The Balaban J connectivity index is 1.86. The predicted octanol–water partition coefficient (Wildman–Crippen LogP) is 8.68. The number of hydrogen-bond acceptors (Lipinski definition) is 3. The minimum absolute atomic E-state index is 0.243. The largest absolute Gasteiger partial charge is 0.444 e. The van der Waals surface area contributed by atoms with E-state index in [9.17, 15) is 4.79 Å². The Morgan fingerprint density at radius 1 is 0.761 bits per heavy atom. The average Bonchev–Trinajstić information content (AvgIpc) is 3.04. The molecule has 4 nitrogen and oxygen atoms in total. The minimum Gasteiger partial charge on any atom is -0.444 e. The molecule has 0 heterocycles. The van der Waals surface area contributed by atoms with Gasteiger partial charge in [0.15, 0.2) is 0 Å². The second-order valence-corrected chi connectivity index (χ2v) is 18.0. The van der Waals surface area contributed by atoms with Crippen molar-refractivity contribution in [2.24, 2.45) is 0 Å².